The molecule has 4 heterocycles. The SMILES string of the molecule is C/C(=C/c1ccc(C2=CC=C(c3cc4cc5c6c(c4oc3=O)C(C)(C)CCN6CC(C)(C)C5)C2)s1)C(=O)O. The van der Waals surface area contributed by atoms with Crippen LogP contribution < -0.4 is 10.5 Å². The Balaban J connectivity index is 1.37. The van der Waals surface area contributed by atoms with Crippen LogP contribution in [0.3, 0.4) is 0 Å². The Morgan fingerprint density at radius 3 is 2.66 bits per heavy atom. The Morgan fingerprint density at radius 2 is 1.89 bits per heavy atom. The quantitative estimate of drug-likeness (QED) is 0.285. The van der Waals surface area contributed by atoms with Gasteiger partial charge in [-0.05, 0) is 84.1 Å². The molecule has 0 amide bonds. The number of allylic oxidation sites excluding steroid dienone is 4. The average Bonchev–Trinajstić information content (AvgIpc) is 3.49. The van der Waals surface area contributed by atoms with Gasteiger partial charge in [-0.15, -0.1) is 11.3 Å². The maximum Gasteiger partial charge on any atom is 0.343 e. The third-order valence-electron chi connectivity index (χ3n) is 8.21. The van der Waals surface area contributed by atoms with Crippen molar-refractivity contribution < 1.29 is 14.3 Å². The topological polar surface area (TPSA) is 70.8 Å². The molecule has 6 heteroatoms. The highest BCUT2D eigenvalue weighted by Gasteiger charge is 2.41. The zero-order valence-corrected chi connectivity index (χ0v) is 23.4. The lowest BCUT2D eigenvalue weighted by atomic mass is 9.71. The Bertz CT molecular complexity index is 1660. The van der Waals surface area contributed by atoms with Crippen LogP contribution in [0.4, 0.5) is 5.69 Å². The first-order valence-corrected chi connectivity index (χ1v) is 14.0. The van der Waals surface area contributed by atoms with Gasteiger partial charge < -0.3 is 14.4 Å². The van der Waals surface area contributed by atoms with Gasteiger partial charge in [-0.3, -0.25) is 0 Å². The Hall–Kier alpha value is -3.38. The predicted octanol–water partition coefficient (Wildman–Crippen LogP) is 7.28. The molecule has 0 saturated heterocycles. The van der Waals surface area contributed by atoms with Gasteiger partial charge in [-0.2, -0.15) is 0 Å². The molecule has 1 N–H and O–H groups in total. The van der Waals surface area contributed by atoms with Gasteiger partial charge in [-0.1, -0.05) is 39.8 Å². The molecule has 0 bridgehead atoms. The third-order valence-corrected chi connectivity index (χ3v) is 9.32. The molecule has 3 aliphatic rings. The van der Waals surface area contributed by atoms with E-state index in [2.05, 4.69) is 44.7 Å². The molecule has 0 radical (unpaired) electrons. The molecule has 0 atom stereocenters. The molecule has 6 rings (SSSR count). The molecule has 0 fully saturated rings. The largest absolute Gasteiger partial charge is 0.478 e. The number of benzene rings is 1. The van der Waals surface area contributed by atoms with Gasteiger partial charge >= 0.3 is 11.6 Å². The first kappa shape index (κ1) is 24.9. The molecule has 1 aliphatic carbocycles. The second-order valence-electron chi connectivity index (χ2n) is 12.4. The summed E-state index contributed by atoms with van der Waals surface area (Å²) in [4.78, 5) is 29.1. The number of carboxylic acid groups (broad SMARTS) is 1. The molecule has 2 aromatic heterocycles. The number of anilines is 1. The molecule has 196 valence electrons. The Labute approximate surface area is 226 Å². The van der Waals surface area contributed by atoms with Crippen molar-refractivity contribution in [3.05, 3.63) is 78.9 Å². The second-order valence-corrected chi connectivity index (χ2v) is 13.5. The fourth-order valence-corrected chi connectivity index (χ4v) is 7.35. The minimum atomic E-state index is -0.915. The summed E-state index contributed by atoms with van der Waals surface area (Å²) in [6.07, 6.45) is 8.45. The van der Waals surface area contributed by atoms with Crippen molar-refractivity contribution in [3.8, 4) is 0 Å². The van der Waals surface area contributed by atoms with Crippen LogP contribution in [-0.2, 0) is 16.6 Å². The number of thiophene rings is 1. The van der Waals surface area contributed by atoms with Crippen molar-refractivity contribution in [1.29, 1.82) is 0 Å². The summed E-state index contributed by atoms with van der Waals surface area (Å²) in [6, 6.07) is 8.25. The molecule has 0 spiro atoms. The fourth-order valence-electron chi connectivity index (χ4n) is 6.32. The van der Waals surface area contributed by atoms with E-state index in [0.717, 1.165) is 57.8 Å². The van der Waals surface area contributed by atoms with Gasteiger partial charge in [0.05, 0.1) is 5.56 Å². The summed E-state index contributed by atoms with van der Waals surface area (Å²) in [5, 5.41) is 10.2. The van der Waals surface area contributed by atoms with E-state index in [4.69, 9.17) is 9.52 Å². The van der Waals surface area contributed by atoms with E-state index in [1.807, 2.05) is 24.3 Å². The summed E-state index contributed by atoms with van der Waals surface area (Å²) in [7, 11) is 0. The smallest absolute Gasteiger partial charge is 0.343 e. The van der Waals surface area contributed by atoms with E-state index < -0.39 is 5.97 Å². The van der Waals surface area contributed by atoms with Crippen LogP contribution in [0.1, 0.15) is 73.9 Å². The lowest BCUT2D eigenvalue weighted by Crippen LogP contribution is -2.46. The van der Waals surface area contributed by atoms with Gasteiger partial charge in [0.2, 0.25) is 0 Å². The third kappa shape index (κ3) is 4.15. The lowest BCUT2D eigenvalue weighted by Gasteiger charge is -2.48. The molecular weight excluding hydrogens is 494 g/mol. The van der Waals surface area contributed by atoms with Crippen molar-refractivity contribution in [2.75, 3.05) is 18.0 Å². The van der Waals surface area contributed by atoms with E-state index in [-0.39, 0.29) is 16.5 Å². The van der Waals surface area contributed by atoms with Crippen molar-refractivity contribution >= 4 is 51.2 Å². The summed E-state index contributed by atoms with van der Waals surface area (Å²) in [6.45, 7) is 12.9. The number of fused-ring (bicyclic) bond motifs is 2. The minimum Gasteiger partial charge on any atom is -0.478 e. The average molecular weight is 528 g/mol. The summed E-state index contributed by atoms with van der Waals surface area (Å²) < 4.78 is 6.17. The number of hydrogen-bond acceptors (Lipinski definition) is 5. The van der Waals surface area contributed by atoms with Crippen LogP contribution in [0.5, 0.6) is 0 Å². The van der Waals surface area contributed by atoms with E-state index in [1.54, 1.807) is 24.3 Å². The zero-order valence-electron chi connectivity index (χ0n) is 22.6. The van der Waals surface area contributed by atoms with Crippen LogP contribution >= 0.6 is 11.3 Å². The number of nitrogens with zero attached hydrogens (tertiary/aromatic N) is 1. The van der Waals surface area contributed by atoms with Gasteiger partial charge in [0.25, 0.3) is 0 Å². The number of carboxylic acids is 1. The standard InChI is InChI=1S/C32H33NO4S/c1-18(29(34)35)12-23-8-9-25(38-23)20-7-6-19(13-20)24-15-21-14-22-16-31(2,3)17-33-11-10-32(4,5)26(27(22)33)28(21)37-30(24)36/h6-9,12,14-15H,10-11,13,16-17H2,1-5H3,(H,34,35)/b18-12-. The van der Waals surface area contributed by atoms with Gasteiger partial charge in [0, 0.05) is 45.1 Å². The van der Waals surface area contributed by atoms with Gasteiger partial charge in [0.15, 0.2) is 0 Å². The number of hydrogen-bond donors (Lipinski definition) is 1. The highest BCUT2D eigenvalue weighted by atomic mass is 32.1. The van der Waals surface area contributed by atoms with Gasteiger partial charge in [-0.25, -0.2) is 9.59 Å². The summed E-state index contributed by atoms with van der Waals surface area (Å²) in [5.41, 5.74) is 7.41. The summed E-state index contributed by atoms with van der Waals surface area (Å²) >= 11 is 1.56. The monoisotopic (exact) mass is 527 g/mol. The zero-order chi connectivity index (χ0) is 27.0. The van der Waals surface area contributed by atoms with E-state index >= 15 is 0 Å². The number of carbonyl (C=O) groups is 1. The molecule has 38 heavy (non-hydrogen) atoms. The number of aliphatic carboxylic acids is 1. The Morgan fingerprint density at radius 1 is 1.13 bits per heavy atom. The highest BCUT2D eigenvalue weighted by Crippen LogP contribution is 2.50. The highest BCUT2D eigenvalue weighted by molar-refractivity contribution is 7.14. The first-order chi connectivity index (χ1) is 17.9. The molecule has 3 aromatic rings. The van der Waals surface area contributed by atoms with Crippen molar-refractivity contribution in [1.82, 2.24) is 0 Å². The second kappa shape index (κ2) is 8.57. The normalized spacial score (nSPS) is 19.8. The summed E-state index contributed by atoms with van der Waals surface area (Å²) in [5.74, 6) is -0.915. The first-order valence-electron chi connectivity index (χ1n) is 13.2. The molecular formula is C32H33NO4S. The van der Waals surface area contributed by atoms with Crippen molar-refractivity contribution in [3.63, 3.8) is 0 Å². The van der Waals surface area contributed by atoms with Crippen LogP contribution in [0.25, 0.3) is 28.2 Å². The number of rotatable bonds is 4. The maximum absolute atomic E-state index is 13.4. The van der Waals surface area contributed by atoms with Crippen LogP contribution in [-0.4, -0.2) is 24.2 Å². The molecule has 5 nitrogen and oxygen atoms in total. The van der Waals surface area contributed by atoms with Crippen molar-refractivity contribution in [2.45, 2.75) is 59.3 Å². The minimum absolute atomic E-state index is 0.0648. The molecule has 1 aromatic carbocycles. The molecule has 0 unspecified atom stereocenters. The van der Waals surface area contributed by atoms with E-state index in [0.29, 0.717) is 17.6 Å². The van der Waals surface area contributed by atoms with Crippen LogP contribution in [0, 0.1) is 5.41 Å². The Kier molecular flexibility index (Phi) is 5.62. The molecule has 0 saturated carbocycles. The van der Waals surface area contributed by atoms with E-state index in [1.165, 1.54) is 16.8 Å². The lowest BCUT2D eigenvalue weighted by molar-refractivity contribution is -0.132. The van der Waals surface area contributed by atoms with Crippen LogP contribution in [0.2, 0.25) is 0 Å². The van der Waals surface area contributed by atoms with Crippen molar-refractivity contribution in [2.24, 2.45) is 5.41 Å². The predicted molar refractivity (Wildman–Crippen MR) is 156 cm³/mol. The van der Waals surface area contributed by atoms with Gasteiger partial charge in [0.1, 0.15) is 5.58 Å². The fraction of sp³-hybridized carbons (Fsp3) is 0.375. The maximum atomic E-state index is 13.4. The molecule has 2 aliphatic heterocycles. The van der Waals surface area contributed by atoms with E-state index in [9.17, 15) is 9.59 Å². The van der Waals surface area contributed by atoms with Crippen LogP contribution in [0.15, 0.2) is 51.2 Å².